The van der Waals surface area contributed by atoms with Crippen LogP contribution in [-0.2, 0) is 16.2 Å². The average Bonchev–Trinajstić information content (AvgIpc) is 2.62. The Hall–Kier alpha value is -3.10. The molecule has 5 heteroatoms. The van der Waals surface area contributed by atoms with Gasteiger partial charge >= 0.3 is 0 Å². The molecule has 0 fully saturated rings. The van der Waals surface area contributed by atoms with Gasteiger partial charge in [-0.15, -0.1) is 0 Å². The molecule has 26 heavy (non-hydrogen) atoms. The lowest BCUT2D eigenvalue weighted by atomic mass is 9.96. The number of rotatable bonds is 4. The van der Waals surface area contributed by atoms with Gasteiger partial charge in [0.2, 0.25) is 5.91 Å². The van der Waals surface area contributed by atoms with Gasteiger partial charge in [0.15, 0.2) is 0 Å². The fourth-order valence-corrected chi connectivity index (χ4v) is 2.82. The zero-order chi connectivity index (χ0) is 18.7. The molecule has 2 aromatic carbocycles. The third-order valence-corrected chi connectivity index (χ3v) is 4.12. The van der Waals surface area contributed by atoms with Crippen molar-refractivity contribution >= 4 is 12.0 Å². The van der Waals surface area contributed by atoms with Crippen LogP contribution in [0.15, 0.2) is 54.2 Å². The third-order valence-electron chi connectivity index (χ3n) is 4.12. The molecule has 2 aromatic rings. The second-order valence-electron chi connectivity index (χ2n) is 6.58. The van der Waals surface area contributed by atoms with E-state index in [2.05, 4.69) is 6.07 Å². The fraction of sp³-hybridized carbons (Fsp3) is 0.238. The minimum absolute atomic E-state index is 0.247. The first-order chi connectivity index (χ1) is 12.4. The number of carbonyl (C=O) groups is 1. The van der Waals surface area contributed by atoms with Crippen LogP contribution in [-0.4, -0.2) is 16.6 Å². The van der Waals surface area contributed by atoms with E-state index in [-0.39, 0.29) is 12.5 Å². The number of amides is 1. The summed E-state index contributed by atoms with van der Waals surface area (Å²) in [6.45, 7) is 5.46. The summed E-state index contributed by atoms with van der Waals surface area (Å²) in [7, 11) is 0. The number of hydrogen-bond donors (Lipinski definition) is 0. The molecule has 0 radical (unpaired) electrons. The van der Waals surface area contributed by atoms with E-state index in [1.165, 1.54) is 12.0 Å². The number of nitrogens with zero attached hydrogens (tertiary/aromatic N) is 2. The van der Waals surface area contributed by atoms with Gasteiger partial charge in [0, 0.05) is 12.5 Å². The molecule has 0 N–H and O–H groups in total. The molecule has 0 saturated heterocycles. The highest BCUT2D eigenvalue weighted by Crippen LogP contribution is 2.37. The van der Waals surface area contributed by atoms with Crippen LogP contribution < -0.4 is 4.74 Å². The van der Waals surface area contributed by atoms with Crippen molar-refractivity contribution in [2.75, 3.05) is 0 Å². The zero-order valence-electron chi connectivity index (χ0n) is 15.0. The summed E-state index contributed by atoms with van der Waals surface area (Å²) in [5.41, 5.74) is 2.06. The van der Waals surface area contributed by atoms with Crippen molar-refractivity contribution in [3.63, 3.8) is 0 Å². The van der Waals surface area contributed by atoms with Gasteiger partial charge in [0.25, 0.3) is 0 Å². The second kappa shape index (κ2) is 7.03. The topological polar surface area (TPSA) is 62.6 Å². The van der Waals surface area contributed by atoms with Gasteiger partial charge in [-0.1, -0.05) is 30.3 Å². The van der Waals surface area contributed by atoms with E-state index in [9.17, 15) is 4.79 Å². The van der Waals surface area contributed by atoms with Crippen molar-refractivity contribution in [2.24, 2.45) is 0 Å². The number of fused-ring (bicyclic) bond motifs is 1. The first-order valence-electron chi connectivity index (χ1n) is 8.33. The molecule has 0 saturated carbocycles. The van der Waals surface area contributed by atoms with Gasteiger partial charge in [0.1, 0.15) is 18.0 Å². The molecule has 0 spiro atoms. The van der Waals surface area contributed by atoms with Crippen molar-refractivity contribution in [2.45, 2.75) is 33.0 Å². The van der Waals surface area contributed by atoms with E-state index in [4.69, 9.17) is 14.8 Å². The summed E-state index contributed by atoms with van der Waals surface area (Å²) in [6, 6.07) is 17.0. The largest absolute Gasteiger partial charge is 0.481 e. The van der Waals surface area contributed by atoms with Crippen LogP contribution in [0.4, 0.5) is 0 Å². The maximum atomic E-state index is 12.2. The third kappa shape index (κ3) is 3.61. The van der Waals surface area contributed by atoms with Gasteiger partial charge in [-0.05, 0) is 43.7 Å². The minimum Gasteiger partial charge on any atom is -0.481 e. The highest BCUT2D eigenvalue weighted by molar-refractivity contribution is 5.77. The Morgan fingerprint density at radius 1 is 1.23 bits per heavy atom. The molecular formula is C21H20N2O3. The fourth-order valence-electron chi connectivity index (χ4n) is 2.82. The number of hydroxylamine groups is 2. The van der Waals surface area contributed by atoms with E-state index in [0.29, 0.717) is 17.0 Å². The van der Waals surface area contributed by atoms with E-state index in [1.807, 2.05) is 50.3 Å². The molecule has 0 atom stereocenters. The number of hydrogen-bond acceptors (Lipinski definition) is 4. The van der Waals surface area contributed by atoms with E-state index in [1.54, 1.807) is 18.2 Å². The number of ether oxygens (including phenoxy) is 1. The average molecular weight is 348 g/mol. The second-order valence-corrected chi connectivity index (χ2v) is 6.58. The Balaban J connectivity index is 1.94. The van der Waals surface area contributed by atoms with Crippen LogP contribution in [0.2, 0.25) is 0 Å². The number of carbonyl (C=O) groups excluding carboxylic acids is 1. The van der Waals surface area contributed by atoms with Crippen LogP contribution in [0, 0.1) is 11.3 Å². The normalized spacial score (nSPS) is 14.5. The predicted molar refractivity (Wildman–Crippen MR) is 97.6 cm³/mol. The molecular weight excluding hydrogens is 328 g/mol. The Bertz CT molecular complexity index is 895. The Labute approximate surface area is 153 Å². The molecule has 1 heterocycles. The summed E-state index contributed by atoms with van der Waals surface area (Å²) in [5.74, 6) is 0.424. The molecule has 132 valence electrons. The highest BCUT2D eigenvalue weighted by Gasteiger charge is 2.36. The molecule has 0 bridgehead atoms. The first-order valence-corrected chi connectivity index (χ1v) is 8.33. The standard InChI is InChI=1S/C21H20N2O3/c1-15(24)23(25-14-16-7-5-4-6-8-16)20-12-18-11-17(13-22)9-10-19(18)26-21(20,2)3/h4-12H,14H2,1-3H3. The van der Waals surface area contributed by atoms with Crippen molar-refractivity contribution in [3.8, 4) is 11.8 Å². The van der Waals surface area contributed by atoms with Crippen LogP contribution in [0.3, 0.4) is 0 Å². The maximum Gasteiger partial charge on any atom is 0.247 e. The van der Waals surface area contributed by atoms with Gasteiger partial charge < -0.3 is 4.74 Å². The minimum atomic E-state index is -0.760. The van der Waals surface area contributed by atoms with E-state index in [0.717, 1.165) is 11.1 Å². The molecule has 3 rings (SSSR count). The van der Waals surface area contributed by atoms with Gasteiger partial charge in [-0.3, -0.25) is 9.63 Å². The molecule has 1 amide bonds. The molecule has 0 unspecified atom stereocenters. The van der Waals surface area contributed by atoms with Crippen LogP contribution in [0.5, 0.6) is 5.75 Å². The lowest BCUT2D eigenvalue weighted by Crippen LogP contribution is -2.43. The van der Waals surface area contributed by atoms with Crippen LogP contribution >= 0.6 is 0 Å². The Morgan fingerprint density at radius 2 is 1.96 bits per heavy atom. The summed E-state index contributed by atoms with van der Waals surface area (Å²) >= 11 is 0. The molecule has 0 aliphatic carbocycles. The number of nitriles is 1. The SMILES string of the molecule is CC(=O)N(OCc1ccccc1)C1=Cc2cc(C#N)ccc2OC1(C)C. The number of benzene rings is 2. The molecule has 5 nitrogen and oxygen atoms in total. The predicted octanol–water partition coefficient (Wildman–Crippen LogP) is 4.05. The highest BCUT2D eigenvalue weighted by atomic mass is 16.7. The van der Waals surface area contributed by atoms with Crippen molar-refractivity contribution in [3.05, 3.63) is 70.9 Å². The summed E-state index contributed by atoms with van der Waals surface area (Å²) < 4.78 is 6.06. The van der Waals surface area contributed by atoms with Crippen molar-refractivity contribution < 1.29 is 14.4 Å². The maximum absolute atomic E-state index is 12.2. The summed E-state index contributed by atoms with van der Waals surface area (Å²) in [6.07, 6.45) is 1.84. The smallest absolute Gasteiger partial charge is 0.247 e. The quantitative estimate of drug-likeness (QED) is 0.782. The van der Waals surface area contributed by atoms with Gasteiger partial charge in [-0.25, -0.2) is 0 Å². The lowest BCUT2D eigenvalue weighted by molar-refractivity contribution is -0.183. The van der Waals surface area contributed by atoms with E-state index >= 15 is 0 Å². The Morgan fingerprint density at radius 3 is 2.62 bits per heavy atom. The van der Waals surface area contributed by atoms with Crippen molar-refractivity contribution in [1.82, 2.24) is 5.06 Å². The van der Waals surface area contributed by atoms with Gasteiger partial charge in [-0.2, -0.15) is 10.3 Å². The van der Waals surface area contributed by atoms with E-state index < -0.39 is 5.60 Å². The molecule has 0 aromatic heterocycles. The molecule has 1 aliphatic heterocycles. The monoisotopic (exact) mass is 348 g/mol. The lowest BCUT2D eigenvalue weighted by Gasteiger charge is -2.38. The summed E-state index contributed by atoms with van der Waals surface area (Å²) in [4.78, 5) is 18.0. The Kier molecular flexibility index (Phi) is 4.79. The summed E-state index contributed by atoms with van der Waals surface area (Å²) in [5, 5.41) is 10.4. The van der Waals surface area contributed by atoms with Crippen molar-refractivity contribution in [1.29, 1.82) is 5.26 Å². The van der Waals surface area contributed by atoms with Crippen LogP contribution in [0.25, 0.3) is 6.08 Å². The molecule has 1 aliphatic rings. The van der Waals surface area contributed by atoms with Gasteiger partial charge in [0.05, 0.1) is 17.3 Å². The van der Waals surface area contributed by atoms with Crippen LogP contribution in [0.1, 0.15) is 37.5 Å². The first kappa shape index (κ1) is 17.7. The zero-order valence-corrected chi connectivity index (χ0v) is 15.0.